The van der Waals surface area contributed by atoms with E-state index in [1.165, 1.54) is 30.3 Å². The van der Waals surface area contributed by atoms with Crippen LogP contribution in [0.15, 0.2) is 36.4 Å². The summed E-state index contributed by atoms with van der Waals surface area (Å²) in [6, 6.07) is 8.22. The van der Waals surface area contributed by atoms with E-state index in [0.29, 0.717) is 5.56 Å². The smallest absolute Gasteiger partial charge is 0.137 e. The lowest BCUT2D eigenvalue weighted by Crippen LogP contribution is -2.14. The molecule has 2 rings (SSSR count). The average molecular weight is 314 g/mol. The summed E-state index contributed by atoms with van der Waals surface area (Å²) in [5, 5.41) is 0.235. The van der Waals surface area contributed by atoms with Crippen LogP contribution in [0.2, 0.25) is 5.02 Å². The molecule has 0 aliphatic heterocycles. The second-order valence-corrected chi connectivity index (χ2v) is 4.85. The number of nitrogens with two attached hydrogens (primary N) is 1. The monoisotopic (exact) mass is 313 g/mol. The summed E-state index contributed by atoms with van der Waals surface area (Å²) in [6.07, 6.45) is 0. The van der Waals surface area contributed by atoms with Gasteiger partial charge in [0.15, 0.2) is 0 Å². The van der Waals surface area contributed by atoms with Gasteiger partial charge in [-0.3, -0.25) is 0 Å². The number of halogens is 3. The molecular weight excluding hydrogens is 304 g/mol. The Kier molecular flexibility index (Phi) is 4.52. The maximum atomic E-state index is 13.6. The van der Waals surface area contributed by atoms with Gasteiger partial charge in [0.05, 0.1) is 10.6 Å². The summed E-state index contributed by atoms with van der Waals surface area (Å²) in [5.41, 5.74) is 6.09. The quantitative estimate of drug-likeness (QED) is 0.871. The Morgan fingerprint density at radius 1 is 1.25 bits per heavy atom. The number of benzene rings is 2. The molecule has 0 atom stereocenters. The minimum atomic E-state index is -0.555. The van der Waals surface area contributed by atoms with Gasteiger partial charge >= 0.3 is 0 Å². The molecule has 20 heavy (non-hydrogen) atoms. The van der Waals surface area contributed by atoms with Crippen molar-refractivity contribution in [3.05, 3.63) is 64.2 Å². The fraction of sp³-hybridized carbons (Fsp3) is 0.0714. The lowest BCUT2D eigenvalue weighted by atomic mass is 10.2. The molecule has 0 bridgehead atoms. The van der Waals surface area contributed by atoms with Crippen LogP contribution in [0.3, 0.4) is 0 Å². The summed E-state index contributed by atoms with van der Waals surface area (Å²) >= 11 is 10.7. The van der Waals surface area contributed by atoms with Crippen LogP contribution in [0.5, 0.6) is 5.75 Å². The molecule has 104 valence electrons. The molecule has 0 saturated heterocycles. The van der Waals surface area contributed by atoms with Crippen LogP contribution in [0.1, 0.15) is 11.1 Å². The zero-order chi connectivity index (χ0) is 14.7. The van der Waals surface area contributed by atoms with Crippen molar-refractivity contribution < 1.29 is 13.5 Å². The van der Waals surface area contributed by atoms with Gasteiger partial charge in [0.2, 0.25) is 0 Å². The molecule has 0 aromatic heterocycles. The SMILES string of the molecule is NC(=S)c1c(F)cccc1OCc1ccc(F)cc1Cl. The topological polar surface area (TPSA) is 35.2 Å². The second-order valence-electron chi connectivity index (χ2n) is 4.00. The highest BCUT2D eigenvalue weighted by Crippen LogP contribution is 2.24. The van der Waals surface area contributed by atoms with Crippen molar-refractivity contribution in [1.29, 1.82) is 0 Å². The van der Waals surface area contributed by atoms with Crippen molar-refractivity contribution >= 4 is 28.8 Å². The maximum absolute atomic E-state index is 13.6. The van der Waals surface area contributed by atoms with Gasteiger partial charge in [0.1, 0.15) is 29.0 Å². The van der Waals surface area contributed by atoms with Crippen molar-refractivity contribution in [2.45, 2.75) is 6.61 Å². The van der Waals surface area contributed by atoms with Crippen LogP contribution < -0.4 is 10.5 Å². The standard InChI is InChI=1S/C14H10ClF2NOS/c15-10-6-9(16)5-4-8(10)7-19-12-3-1-2-11(17)13(12)14(18)20/h1-6H,7H2,(H2,18,20). The fourth-order valence-corrected chi connectivity index (χ4v) is 2.08. The Balaban J connectivity index is 2.23. The summed E-state index contributed by atoms with van der Waals surface area (Å²) in [5.74, 6) is -0.772. The Morgan fingerprint density at radius 2 is 2.00 bits per heavy atom. The molecule has 0 heterocycles. The molecule has 0 aliphatic carbocycles. The Bertz CT molecular complexity index is 664. The molecule has 0 radical (unpaired) electrons. The number of thiocarbonyl (C=S) groups is 1. The maximum Gasteiger partial charge on any atom is 0.137 e. The van der Waals surface area contributed by atoms with Gasteiger partial charge in [-0.1, -0.05) is 36.0 Å². The average Bonchev–Trinajstić information content (AvgIpc) is 2.37. The number of hydrogen-bond donors (Lipinski definition) is 1. The van der Waals surface area contributed by atoms with Crippen LogP contribution >= 0.6 is 23.8 Å². The van der Waals surface area contributed by atoms with Crippen LogP contribution in [0.25, 0.3) is 0 Å². The molecule has 0 fully saturated rings. The van der Waals surface area contributed by atoms with Crippen molar-refractivity contribution in [1.82, 2.24) is 0 Å². The van der Waals surface area contributed by atoms with E-state index in [2.05, 4.69) is 0 Å². The Morgan fingerprint density at radius 3 is 2.65 bits per heavy atom. The van der Waals surface area contributed by atoms with Crippen molar-refractivity contribution in [3.8, 4) is 5.75 Å². The van der Waals surface area contributed by atoms with Crippen LogP contribution in [0, 0.1) is 11.6 Å². The van der Waals surface area contributed by atoms with Crippen molar-refractivity contribution in [3.63, 3.8) is 0 Å². The third kappa shape index (κ3) is 3.23. The normalized spacial score (nSPS) is 10.3. The van der Waals surface area contributed by atoms with Crippen molar-refractivity contribution in [2.75, 3.05) is 0 Å². The highest BCUT2D eigenvalue weighted by Gasteiger charge is 2.13. The highest BCUT2D eigenvalue weighted by atomic mass is 35.5. The van der Waals surface area contributed by atoms with E-state index in [0.717, 1.165) is 0 Å². The third-order valence-electron chi connectivity index (χ3n) is 2.62. The predicted octanol–water partition coefficient (Wildman–Crippen LogP) is 3.83. The first-order valence-electron chi connectivity index (χ1n) is 5.64. The first kappa shape index (κ1) is 14.7. The Hall–Kier alpha value is -1.72. The zero-order valence-corrected chi connectivity index (χ0v) is 11.8. The van der Waals surface area contributed by atoms with E-state index in [4.69, 9.17) is 34.3 Å². The molecule has 0 amide bonds. The van der Waals surface area contributed by atoms with Crippen molar-refractivity contribution in [2.24, 2.45) is 5.73 Å². The molecule has 2 aromatic carbocycles. The number of rotatable bonds is 4. The van der Waals surface area contributed by atoms with Gasteiger partial charge in [-0.2, -0.15) is 0 Å². The predicted molar refractivity (Wildman–Crippen MR) is 78.0 cm³/mol. The number of ether oxygens (including phenoxy) is 1. The first-order chi connectivity index (χ1) is 9.49. The van der Waals surface area contributed by atoms with E-state index in [1.807, 2.05) is 0 Å². The minimum absolute atomic E-state index is 0.0423. The lowest BCUT2D eigenvalue weighted by molar-refractivity contribution is 0.304. The van der Waals surface area contributed by atoms with Gasteiger partial charge in [-0.05, 0) is 24.3 Å². The van der Waals surface area contributed by atoms with E-state index in [-0.39, 0.29) is 27.9 Å². The summed E-state index contributed by atoms with van der Waals surface area (Å²) in [6.45, 7) is 0.0537. The number of hydrogen-bond acceptors (Lipinski definition) is 2. The largest absolute Gasteiger partial charge is 0.488 e. The lowest BCUT2D eigenvalue weighted by Gasteiger charge is -2.12. The Labute approximate surface area is 125 Å². The second kappa shape index (κ2) is 6.15. The first-order valence-corrected chi connectivity index (χ1v) is 6.42. The highest BCUT2D eigenvalue weighted by molar-refractivity contribution is 7.80. The van der Waals surface area contributed by atoms with E-state index < -0.39 is 11.6 Å². The summed E-state index contributed by atoms with van der Waals surface area (Å²) < 4.78 is 32.0. The van der Waals surface area contributed by atoms with E-state index in [1.54, 1.807) is 6.07 Å². The van der Waals surface area contributed by atoms with E-state index >= 15 is 0 Å². The summed E-state index contributed by atoms with van der Waals surface area (Å²) in [4.78, 5) is -0.0942. The van der Waals surface area contributed by atoms with Crippen LogP contribution in [0.4, 0.5) is 8.78 Å². The fourth-order valence-electron chi connectivity index (χ4n) is 1.66. The molecule has 2 nitrogen and oxygen atoms in total. The molecule has 6 heteroatoms. The van der Waals surface area contributed by atoms with Gasteiger partial charge < -0.3 is 10.5 Å². The summed E-state index contributed by atoms with van der Waals surface area (Å²) in [7, 11) is 0. The van der Waals surface area contributed by atoms with Gasteiger partial charge in [0, 0.05) is 5.56 Å². The van der Waals surface area contributed by atoms with Crippen LogP contribution in [-0.4, -0.2) is 4.99 Å². The molecule has 0 saturated carbocycles. The third-order valence-corrected chi connectivity index (χ3v) is 3.18. The molecular formula is C14H10ClF2NOS. The molecule has 0 spiro atoms. The molecule has 2 N–H and O–H groups in total. The van der Waals surface area contributed by atoms with Gasteiger partial charge in [0.25, 0.3) is 0 Å². The zero-order valence-electron chi connectivity index (χ0n) is 10.2. The van der Waals surface area contributed by atoms with E-state index in [9.17, 15) is 8.78 Å². The minimum Gasteiger partial charge on any atom is -0.488 e. The molecule has 0 aliphatic rings. The van der Waals surface area contributed by atoms with Gasteiger partial charge in [-0.15, -0.1) is 0 Å². The molecule has 0 unspecified atom stereocenters. The molecule has 2 aromatic rings. The van der Waals surface area contributed by atoms with Gasteiger partial charge in [-0.25, -0.2) is 8.78 Å². The van der Waals surface area contributed by atoms with Crippen LogP contribution in [-0.2, 0) is 6.61 Å².